The van der Waals surface area contributed by atoms with Crippen LogP contribution in [0.1, 0.15) is 25.0 Å². The molecule has 1 unspecified atom stereocenters. The third kappa shape index (κ3) is 10.5. The summed E-state index contributed by atoms with van der Waals surface area (Å²) in [7, 11) is 0. The van der Waals surface area contributed by atoms with Crippen molar-refractivity contribution >= 4 is 11.9 Å². The van der Waals surface area contributed by atoms with E-state index in [9.17, 15) is 26.3 Å². The van der Waals surface area contributed by atoms with Gasteiger partial charge in [-0.1, -0.05) is 0 Å². The largest absolute Gasteiger partial charge is 0.490 e. The minimum Gasteiger partial charge on any atom is -0.475 e. The maximum atomic E-state index is 10.6. The molecule has 1 aromatic heterocycles. The van der Waals surface area contributed by atoms with E-state index < -0.39 is 24.3 Å². The topological polar surface area (TPSA) is 113 Å². The highest BCUT2D eigenvalue weighted by Crippen LogP contribution is 2.36. The van der Waals surface area contributed by atoms with Crippen LogP contribution >= 0.6 is 0 Å². The molecule has 0 aliphatic carbocycles. The third-order valence-electron chi connectivity index (χ3n) is 6.14. The first-order valence-electron chi connectivity index (χ1n) is 11.5. The van der Waals surface area contributed by atoms with E-state index >= 15 is 0 Å². The van der Waals surface area contributed by atoms with Gasteiger partial charge in [0.05, 0.1) is 26.0 Å². The summed E-state index contributed by atoms with van der Waals surface area (Å²) in [4.78, 5) is 23.0. The maximum Gasteiger partial charge on any atom is 0.490 e. The molecule has 0 bridgehead atoms. The van der Waals surface area contributed by atoms with Crippen LogP contribution < -0.4 is 0 Å². The number of nitrogens with zero attached hydrogens (tertiary/aromatic N) is 2. The van der Waals surface area contributed by atoms with Crippen LogP contribution in [0.2, 0.25) is 0 Å². The molecule has 15 heteroatoms. The molecular formula is C22H30F6N2O7. The molecule has 212 valence electrons. The summed E-state index contributed by atoms with van der Waals surface area (Å²) in [5, 5.41) is 14.2. The summed E-state index contributed by atoms with van der Waals surface area (Å²) < 4.78 is 80.5. The summed E-state index contributed by atoms with van der Waals surface area (Å²) >= 11 is 0. The summed E-state index contributed by atoms with van der Waals surface area (Å²) in [6, 6.07) is 4.76. The minimum absolute atomic E-state index is 0.293. The Morgan fingerprint density at radius 1 is 0.946 bits per heavy atom. The lowest BCUT2D eigenvalue weighted by molar-refractivity contribution is -0.193. The molecule has 0 aromatic carbocycles. The SMILES string of the molecule is O=C(O)C(F)(F)F.O=C(O)C(F)(F)F.c1coc(CN2CCOCC3(CCN(C4CCOCC4)C3)C2)c1. The number of hydrogen-bond donors (Lipinski definition) is 2. The van der Waals surface area contributed by atoms with Crippen molar-refractivity contribution < 1.29 is 60.0 Å². The Labute approximate surface area is 208 Å². The van der Waals surface area contributed by atoms with Gasteiger partial charge >= 0.3 is 24.3 Å². The number of carbonyl (C=O) groups is 2. The number of halogens is 6. The van der Waals surface area contributed by atoms with Gasteiger partial charge < -0.3 is 24.1 Å². The minimum atomic E-state index is -5.08. The molecule has 3 aliphatic heterocycles. The van der Waals surface area contributed by atoms with Crippen LogP contribution in [0.5, 0.6) is 0 Å². The van der Waals surface area contributed by atoms with Crippen molar-refractivity contribution in [1.82, 2.24) is 9.80 Å². The molecule has 0 amide bonds. The molecule has 0 radical (unpaired) electrons. The van der Waals surface area contributed by atoms with E-state index in [0.29, 0.717) is 11.5 Å². The van der Waals surface area contributed by atoms with Crippen molar-refractivity contribution in [2.24, 2.45) is 5.41 Å². The van der Waals surface area contributed by atoms with Crippen molar-refractivity contribution in [3.05, 3.63) is 24.2 Å². The number of likely N-dealkylation sites (tertiary alicyclic amines) is 1. The molecular weight excluding hydrogens is 518 g/mol. The number of hydrogen-bond acceptors (Lipinski definition) is 7. The Morgan fingerprint density at radius 2 is 1.54 bits per heavy atom. The zero-order valence-corrected chi connectivity index (χ0v) is 19.9. The first-order valence-corrected chi connectivity index (χ1v) is 11.5. The Morgan fingerprint density at radius 3 is 2.05 bits per heavy atom. The van der Waals surface area contributed by atoms with E-state index in [1.807, 2.05) is 6.07 Å². The van der Waals surface area contributed by atoms with Gasteiger partial charge in [-0.25, -0.2) is 9.59 Å². The number of ether oxygens (including phenoxy) is 2. The number of rotatable bonds is 3. The van der Waals surface area contributed by atoms with Crippen LogP contribution in [0.15, 0.2) is 22.8 Å². The van der Waals surface area contributed by atoms with Gasteiger partial charge in [0.25, 0.3) is 0 Å². The van der Waals surface area contributed by atoms with Crippen LogP contribution in [-0.4, -0.2) is 103 Å². The monoisotopic (exact) mass is 548 g/mol. The predicted molar refractivity (Wildman–Crippen MR) is 115 cm³/mol. The molecule has 9 nitrogen and oxygen atoms in total. The average molecular weight is 548 g/mol. The van der Waals surface area contributed by atoms with Crippen LogP contribution in [0.4, 0.5) is 26.3 Å². The number of alkyl halides is 6. The fourth-order valence-corrected chi connectivity index (χ4v) is 4.42. The Bertz CT molecular complexity index is 820. The molecule has 3 fully saturated rings. The van der Waals surface area contributed by atoms with Gasteiger partial charge in [-0.05, 0) is 37.9 Å². The standard InChI is InChI=1S/C18H28N2O3.2C2HF3O2/c1-2-17(23-8-1)12-19-7-11-22-15-18(13-19)5-6-20(14-18)16-3-9-21-10-4-16;2*3-2(4,5)1(6)7/h1-2,8,16H,3-7,9-15H2;2*(H,6,7). The Hall–Kier alpha value is -2.36. The summed E-state index contributed by atoms with van der Waals surface area (Å²) in [6.45, 7) is 8.99. The van der Waals surface area contributed by atoms with E-state index in [0.717, 1.165) is 51.8 Å². The zero-order valence-electron chi connectivity index (χ0n) is 19.9. The molecule has 4 heterocycles. The fourth-order valence-electron chi connectivity index (χ4n) is 4.42. The molecule has 1 aromatic rings. The van der Waals surface area contributed by atoms with Crippen molar-refractivity contribution in [1.29, 1.82) is 0 Å². The first kappa shape index (κ1) is 30.9. The van der Waals surface area contributed by atoms with Crippen molar-refractivity contribution in [3.63, 3.8) is 0 Å². The van der Waals surface area contributed by atoms with Crippen LogP contribution in [0, 0.1) is 5.41 Å². The second-order valence-corrected chi connectivity index (χ2v) is 9.01. The van der Waals surface area contributed by atoms with Gasteiger partial charge in [0.1, 0.15) is 5.76 Å². The third-order valence-corrected chi connectivity index (χ3v) is 6.14. The molecule has 0 saturated carbocycles. The van der Waals surface area contributed by atoms with E-state index in [1.165, 1.54) is 32.4 Å². The fraction of sp³-hybridized carbons (Fsp3) is 0.727. The Balaban J connectivity index is 0.000000286. The summed E-state index contributed by atoms with van der Waals surface area (Å²) in [6.07, 6.45) is -4.78. The lowest BCUT2D eigenvalue weighted by Gasteiger charge is -2.35. The van der Waals surface area contributed by atoms with Gasteiger partial charge in [0.2, 0.25) is 0 Å². The van der Waals surface area contributed by atoms with Crippen molar-refractivity contribution in [3.8, 4) is 0 Å². The smallest absolute Gasteiger partial charge is 0.475 e. The first-order chi connectivity index (χ1) is 17.2. The Kier molecular flexibility index (Phi) is 11.2. The average Bonchev–Trinajstić information content (AvgIpc) is 3.42. The van der Waals surface area contributed by atoms with E-state index in [2.05, 4.69) is 15.9 Å². The highest BCUT2D eigenvalue weighted by atomic mass is 19.4. The van der Waals surface area contributed by atoms with Gasteiger partial charge in [0.15, 0.2) is 0 Å². The summed E-state index contributed by atoms with van der Waals surface area (Å²) in [5.41, 5.74) is 0.293. The zero-order chi connectivity index (χ0) is 27.7. The highest BCUT2D eigenvalue weighted by molar-refractivity contribution is 5.73. The van der Waals surface area contributed by atoms with Gasteiger partial charge in [0, 0.05) is 44.3 Å². The molecule has 1 atom stereocenters. The molecule has 4 rings (SSSR count). The van der Waals surface area contributed by atoms with Crippen LogP contribution in [-0.2, 0) is 25.6 Å². The number of furan rings is 1. The van der Waals surface area contributed by atoms with Gasteiger partial charge in [-0.15, -0.1) is 0 Å². The molecule has 3 aliphatic rings. The number of aliphatic carboxylic acids is 2. The predicted octanol–water partition coefficient (Wildman–Crippen LogP) is 3.25. The van der Waals surface area contributed by atoms with Crippen molar-refractivity contribution in [2.75, 3.05) is 52.6 Å². The van der Waals surface area contributed by atoms with Crippen LogP contribution in [0.25, 0.3) is 0 Å². The van der Waals surface area contributed by atoms with Crippen LogP contribution in [0.3, 0.4) is 0 Å². The molecule has 3 saturated heterocycles. The van der Waals surface area contributed by atoms with E-state index in [4.69, 9.17) is 33.7 Å². The lowest BCUT2D eigenvalue weighted by Crippen LogP contribution is -2.43. The number of carboxylic acid groups (broad SMARTS) is 2. The second kappa shape index (κ2) is 13.4. The maximum absolute atomic E-state index is 10.6. The highest BCUT2D eigenvalue weighted by Gasteiger charge is 2.43. The normalized spacial score (nSPS) is 23.9. The van der Waals surface area contributed by atoms with Gasteiger partial charge in [-0.2, -0.15) is 26.3 Å². The lowest BCUT2D eigenvalue weighted by atomic mass is 9.87. The molecule has 1 spiro atoms. The second-order valence-electron chi connectivity index (χ2n) is 9.01. The molecule has 2 N–H and O–H groups in total. The van der Waals surface area contributed by atoms with Gasteiger partial charge in [-0.3, -0.25) is 9.80 Å². The van der Waals surface area contributed by atoms with E-state index in [-0.39, 0.29) is 0 Å². The number of carboxylic acids is 2. The summed E-state index contributed by atoms with van der Waals surface area (Å²) in [5.74, 6) is -4.46. The molecule has 37 heavy (non-hydrogen) atoms. The van der Waals surface area contributed by atoms with E-state index in [1.54, 1.807) is 6.26 Å². The van der Waals surface area contributed by atoms with Crippen molar-refractivity contribution in [2.45, 2.75) is 44.2 Å². The quantitative estimate of drug-likeness (QED) is 0.550.